The molecule has 8 nitrogen and oxygen atoms in total. The molecule has 0 unspecified atom stereocenters. The van der Waals surface area contributed by atoms with Crippen LogP contribution < -0.4 is 4.74 Å². The highest BCUT2D eigenvalue weighted by atomic mass is 16.5. The van der Waals surface area contributed by atoms with Gasteiger partial charge in [0.2, 0.25) is 11.8 Å². The van der Waals surface area contributed by atoms with Crippen LogP contribution in [-0.4, -0.2) is 70.9 Å². The van der Waals surface area contributed by atoms with Crippen LogP contribution in [0.1, 0.15) is 40.9 Å². The van der Waals surface area contributed by atoms with Crippen LogP contribution in [0.25, 0.3) is 0 Å². The number of ketones is 1. The SMILES string of the molecule is CCc1c(O)cc(O)c(C(=O)c2ccc(OC)cc2)c1CC(=O)N1CCN(C(C)=O)CC1. The lowest BCUT2D eigenvalue weighted by molar-refractivity contribution is -0.138. The first-order valence-electron chi connectivity index (χ1n) is 10.6. The predicted molar refractivity (Wildman–Crippen MR) is 118 cm³/mol. The predicted octanol–water partition coefficient (Wildman–Crippen LogP) is 2.13. The summed E-state index contributed by atoms with van der Waals surface area (Å²) < 4.78 is 5.13. The van der Waals surface area contributed by atoms with Crippen LogP contribution in [0.4, 0.5) is 0 Å². The van der Waals surface area contributed by atoms with E-state index in [-0.39, 0.29) is 35.3 Å². The molecule has 8 heteroatoms. The van der Waals surface area contributed by atoms with Gasteiger partial charge in [-0.2, -0.15) is 0 Å². The van der Waals surface area contributed by atoms with Crippen molar-refractivity contribution in [2.24, 2.45) is 0 Å². The molecule has 0 atom stereocenters. The van der Waals surface area contributed by atoms with Crippen molar-refractivity contribution in [1.82, 2.24) is 9.80 Å². The third-order valence-electron chi connectivity index (χ3n) is 5.84. The van der Waals surface area contributed by atoms with E-state index in [0.717, 1.165) is 6.07 Å². The molecule has 170 valence electrons. The van der Waals surface area contributed by atoms with Gasteiger partial charge in [-0.05, 0) is 41.8 Å². The molecule has 0 aromatic heterocycles. The molecule has 2 aromatic carbocycles. The molecule has 2 amide bonds. The van der Waals surface area contributed by atoms with E-state index in [0.29, 0.717) is 55.0 Å². The van der Waals surface area contributed by atoms with Crippen LogP contribution in [0.3, 0.4) is 0 Å². The van der Waals surface area contributed by atoms with Crippen molar-refractivity contribution in [3.8, 4) is 17.2 Å². The van der Waals surface area contributed by atoms with Crippen molar-refractivity contribution in [3.05, 3.63) is 52.6 Å². The zero-order valence-electron chi connectivity index (χ0n) is 18.6. The maximum atomic E-state index is 13.3. The summed E-state index contributed by atoms with van der Waals surface area (Å²) in [6, 6.07) is 7.61. The third-order valence-corrected chi connectivity index (χ3v) is 5.84. The average Bonchev–Trinajstić information content (AvgIpc) is 2.79. The van der Waals surface area contributed by atoms with Gasteiger partial charge in [0.15, 0.2) is 5.78 Å². The van der Waals surface area contributed by atoms with Crippen molar-refractivity contribution < 1.29 is 29.3 Å². The number of hydrogen-bond acceptors (Lipinski definition) is 6. The Morgan fingerprint density at radius 1 is 0.938 bits per heavy atom. The average molecular weight is 440 g/mol. The van der Waals surface area contributed by atoms with Crippen molar-refractivity contribution >= 4 is 17.6 Å². The van der Waals surface area contributed by atoms with E-state index in [2.05, 4.69) is 0 Å². The fourth-order valence-electron chi connectivity index (χ4n) is 4.01. The van der Waals surface area contributed by atoms with Crippen LogP contribution in [0.5, 0.6) is 17.2 Å². The number of phenols is 2. The van der Waals surface area contributed by atoms with E-state index < -0.39 is 5.78 Å². The summed E-state index contributed by atoms with van der Waals surface area (Å²) >= 11 is 0. The van der Waals surface area contributed by atoms with Gasteiger partial charge in [-0.3, -0.25) is 14.4 Å². The molecule has 32 heavy (non-hydrogen) atoms. The first kappa shape index (κ1) is 23.1. The van der Waals surface area contributed by atoms with Gasteiger partial charge in [-0.25, -0.2) is 0 Å². The van der Waals surface area contributed by atoms with Crippen molar-refractivity contribution in [3.63, 3.8) is 0 Å². The number of carbonyl (C=O) groups is 3. The standard InChI is InChI=1S/C24H28N2O6/c1-4-18-19(13-22(30)26-11-9-25(10-12-26)15(2)27)23(21(29)14-20(18)28)24(31)16-5-7-17(32-3)8-6-16/h5-8,14,28-29H,4,9-13H2,1-3H3. The first-order valence-corrected chi connectivity index (χ1v) is 10.6. The summed E-state index contributed by atoms with van der Waals surface area (Å²) in [5.74, 6) is -0.632. The molecule has 0 spiro atoms. The summed E-state index contributed by atoms with van der Waals surface area (Å²) in [4.78, 5) is 41.2. The van der Waals surface area contributed by atoms with Crippen LogP contribution in [0, 0.1) is 0 Å². The number of methoxy groups -OCH3 is 1. The van der Waals surface area contributed by atoms with Gasteiger partial charge in [0.1, 0.15) is 17.2 Å². The minimum absolute atomic E-state index is 0.0144. The summed E-state index contributed by atoms with van der Waals surface area (Å²) in [7, 11) is 1.52. The molecule has 0 bridgehead atoms. The molecule has 0 saturated carbocycles. The number of phenolic OH excluding ortho intramolecular Hbond substituents is 2. The lowest BCUT2D eigenvalue weighted by Crippen LogP contribution is -2.50. The molecule has 2 N–H and O–H groups in total. The van der Waals surface area contributed by atoms with E-state index in [1.165, 1.54) is 14.0 Å². The molecule has 0 aliphatic carbocycles. The highest BCUT2D eigenvalue weighted by Crippen LogP contribution is 2.35. The van der Waals surface area contributed by atoms with E-state index in [1.54, 1.807) is 34.1 Å². The van der Waals surface area contributed by atoms with Gasteiger partial charge in [-0.1, -0.05) is 6.92 Å². The monoisotopic (exact) mass is 440 g/mol. The molecule has 3 rings (SSSR count). The zero-order valence-corrected chi connectivity index (χ0v) is 18.6. The van der Waals surface area contributed by atoms with Crippen LogP contribution in [0.2, 0.25) is 0 Å². The molecule has 2 aromatic rings. The minimum Gasteiger partial charge on any atom is -0.508 e. The number of piperazine rings is 1. The number of aromatic hydroxyl groups is 2. The van der Waals surface area contributed by atoms with Gasteiger partial charge in [0, 0.05) is 44.7 Å². The van der Waals surface area contributed by atoms with E-state index in [4.69, 9.17) is 4.74 Å². The number of ether oxygens (including phenoxy) is 1. The van der Waals surface area contributed by atoms with Crippen molar-refractivity contribution in [2.75, 3.05) is 33.3 Å². The summed E-state index contributed by atoms with van der Waals surface area (Å²) in [5, 5.41) is 20.9. The van der Waals surface area contributed by atoms with Gasteiger partial charge < -0.3 is 24.7 Å². The fourth-order valence-corrected chi connectivity index (χ4v) is 4.01. The molecular formula is C24H28N2O6. The molecular weight excluding hydrogens is 412 g/mol. The van der Waals surface area contributed by atoms with E-state index in [1.807, 2.05) is 6.92 Å². The second-order valence-electron chi connectivity index (χ2n) is 7.72. The summed E-state index contributed by atoms with van der Waals surface area (Å²) in [6.45, 7) is 5.00. The Morgan fingerprint density at radius 3 is 2.06 bits per heavy atom. The molecule has 0 radical (unpaired) electrons. The highest BCUT2D eigenvalue weighted by Gasteiger charge is 2.28. The lowest BCUT2D eigenvalue weighted by Gasteiger charge is -2.34. The van der Waals surface area contributed by atoms with Crippen molar-refractivity contribution in [1.29, 1.82) is 0 Å². The lowest BCUT2D eigenvalue weighted by atomic mass is 9.89. The summed E-state index contributed by atoms with van der Waals surface area (Å²) in [5.41, 5.74) is 1.12. The van der Waals surface area contributed by atoms with Gasteiger partial charge in [0.25, 0.3) is 0 Å². The maximum absolute atomic E-state index is 13.3. The Balaban J connectivity index is 1.94. The second-order valence-corrected chi connectivity index (χ2v) is 7.72. The number of rotatable bonds is 6. The maximum Gasteiger partial charge on any atom is 0.227 e. The van der Waals surface area contributed by atoms with Gasteiger partial charge in [-0.15, -0.1) is 0 Å². The van der Waals surface area contributed by atoms with E-state index in [9.17, 15) is 24.6 Å². The third kappa shape index (κ3) is 4.69. The molecule has 1 aliphatic rings. The second kappa shape index (κ2) is 9.72. The van der Waals surface area contributed by atoms with Gasteiger partial charge in [0.05, 0.1) is 19.1 Å². The Hall–Kier alpha value is -3.55. The quantitative estimate of drug-likeness (QED) is 0.667. The first-order chi connectivity index (χ1) is 15.3. The normalized spacial score (nSPS) is 13.7. The molecule has 1 heterocycles. The van der Waals surface area contributed by atoms with Crippen LogP contribution >= 0.6 is 0 Å². The molecule has 1 aliphatic heterocycles. The number of hydrogen-bond donors (Lipinski definition) is 2. The number of nitrogens with zero attached hydrogens (tertiary/aromatic N) is 2. The van der Waals surface area contributed by atoms with Crippen LogP contribution in [-0.2, 0) is 22.4 Å². The number of carbonyl (C=O) groups excluding carboxylic acids is 3. The fraction of sp³-hybridized carbons (Fsp3) is 0.375. The zero-order chi connectivity index (χ0) is 23.4. The molecule has 1 fully saturated rings. The smallest absolute Gasteiger partial charge is 0.227 e. The Bertz CT molecular complexity index is 1020. The van der Waals surface area contributed by atoms with Crippen LogP contribution in [0.15, 0.2) is 30.3 Å². The van der Waals surface area contributed by atoms with Crippen molar-refractivity contribution in [2.45, 2.75) is 26.7 Å². The summed E-state index contributed by atoms with van der Waals surface area (Å²) in [6.07, 6.45) is 0.248. The number of amides is 2. The van der Waals surface area contributed by atoms with Gasteiger partial charge >= 0.3 is 0 Å². The molecule has 1 saturated heterocycles. The Labute approximate surface area is 187 Å². The number of benzene rings is 2. The minimum atomic E-state index is -0.441. The van der Waals surface area contributed by atoms with E-state index >= 15 is 0 Å². The topological polar surface area (TPSA) is 107 Å². The largest absolute Gasteiger partial charge is 0.508 e. The Morgan fingerprint density at radius 2 is 1.53 bits per heavy atom. The highest BCUT2D eigenvalue weighted by molar-refractivity contribution is 6.12. The Kier molecular flexibility index (Phi) is 7.02.